The van der Waals surface area contributed by atoms with Crippen LogP contribution >= 0.6 is 0 Å². The molecular weight excluding hydrogens is 360 g/mol. The van der Waals surface area contributed by atoms with Crippen LogP contribution in [0.2, 0.25) is 0 Å². The molecule has 6 heteroatoms. The molecule has 1 aliphatic carbocycles. The second-order valence-corrected chi connectivity index (χ2v) is 8.53. The number of cyclic esters (lactones) is 1. The van der Waals surface area contributed by atoms with Crippen molar-refractivity contribution in [1.29, 1.82) is 0 Å². The third-order valence-electron chi connectivity index (χ3n) is 5.95. The number of rotatable bonds is 7. The normalized spacial score (nSPS) is 27.0. The molecule has 3 unspecified atom stereocenters. The predicted molar refractivity (Wildman–Crippen MR) is 104 cm³/mol. The van der Waals surface area contributed by atoms with E-state index in [-0.39, 0.29) is 30.3 Å². The Morgan fingerprint density at radius 3 is 2.46 bits per heavy atom. The van der Waals surface area contributed by atoms with Gasteiger partial charge in [-0.15, -0.1) is 0 Å². The lowest BCUT2D eigenvalue weighted by Crippen LogP contribution is -2.40. The third-order valence-corrected chi connectivity index (χ3v) is 5.95. The van der Waals surface area contributed by atoms with Gasteiger partial charge in [0.25, 0.3) is 0 Å². The summed E-state index contributed by atoms with van der Waals surface area (Å²) in [6.45, 7) is 11.3. The molecule has 0 aromatic heterocycles. The first-order chi connectivity index (χ1) is 13.2. The van der Waals surface area contributed by atoms with Crippen LogP contribution in [-0.4, -0.2) is 35.7 Å². The number of esters is 3. The number of hydrogen-bond donors (Lipinski definition) is 0. The van der Waals surface area contributed by atoms with E-state index < -0.39 is 35.7 Å². The molecule has 2 fully saturated rings. The van der Waals surface area contributed by atoms with E-state index in [4.69, 9.17) is 14.2 Å². The zero-order valence-corrected chi connectivity index (χ0v) is 17.6. The van der Waals surface area contributed by atoms with E-state index in [2.05, 4.69) is 20.4 Å². The van der Waals surface area contributed by atoms with Crippen LogP contribution in [0.5, 0.6) is 0 Å². The molecule has 0 spiro atoms. The molecule has 28 heavy (non-hydrogen) atoms. The van der Waals surface area contributed by atoms with Gasteiger partial charge in [-0.05, 0) is 44.9 Å². The van der Waals surface area contributed by atoms with Crippen LogP contribution in [0, 0.1) is 11.8 Å². The summed E-state index contributed by atoms with van der Waals surface area (Å²) < 4.78 is 17.1. The van der Waals surface area contributed by atoms with Crippen molar-refractivity contribution in [3.63, 3.8) is 0 Å². The molecule has 1 saturated heterocycles. The average Bonchev–Trinajstić information content (AvgIpc) is 3.03. The number of hydrogen-bond acceptors (Lipinski definition) is 6. The van der Waals surface area contributed by atoms with E-state index in [0.29, 0.717) is 6.42 Å². The maximum Gasteiger partial charge on any atom is 0.333 e. The van der Waals surface area contributed by atoms with Gasteiger partial charge in [0, 0.05) is 12.0 Å². The lowest BCUT2D eigenvalue weighted by molar-refractivity contribution is -0.172. The second kappa shape index (κ2) is 9.57. The Hall–Kier alpha value is -1.85. The first-order valence-corrected chi connectivity index (χ1v) is 10.5. The summed E-state index contributed by atoms with van der Waals surface area (Å²) in [5.74, 6) is -1.83. The van der Waals surface area contributed by atoms with Crippen molar-refractivity contribution in [2.24, 2.45) is 11.8 Å². The van der Waals surface area contributed by atoms with Crippen LogP contribution in [0.1, 0.15) is 79.1 Å². The fraction of sp³-hybridized carbons (Fsp3) is 0.773. The van der Waals surface area contributed by atoms with Gasteiger partial charge >= 0.3 is 17.9 Å². The third kappa shape index (κ3) is 5.36. The lowest BCUT2D eigenvalue weighted by atomic mass is 9.87. The predicted octanol–water partition coefficient (Wildman–Crippen LogP) is 4.11. The summed E-state index contributed by atoms with van der Waals surface area (Å²) in [4.78, 5) is 37.4. The molecule has 1 saturated carbocycles. The molecule has 2 aliphatic rings. The highest BCUT2D eigenvalue weighted by Crippen LogP contribution is 2.40. The minimum atomic E-state index is -0.674. The molecule has 158 valence electrons. The molecule has 0 radical (unpaired) electrons. The van der Waals surface area contributed by atoms with Crippen LogP contribution in [-0.2, 0) is 28.6 Å². The zero-order chi connectivity index (χ0) is 20.9. The highest BCUT2D eigenvalue weighted by molar-refractivity contribution is 5.87. The first kappa shape index (κ1) is 22.4. The standard InChI is InChI=1S/C22H34O6/c1-6-9-17-18(27-20(24)14(2)3)12-16(13-19(23)26-17)21(25)28-22(15(4)5)10-7-8-11-22/h15-18H,2,6-13H2,1,3-5H3. The monoisotopic (exact) mass is 394 g/mol. The van der Waals surface area contributed by atoms with Crippen LogP contribution in [0.4, 0.5) is 0 Å². The molecule has 0 bridgehead atoms. The van der Waals surface area contributed by atoms with Gasteiger partial charge in [0.15, 0.2) is 0 Å². The Kier molecular flexibility index (Phi) is 7.67. The largest absolute Gasteiger partial charge is 0.459 e. The van der Waals surface area contributed by atoms with Gasteiger partial charge in [0.05, 0.1) is 12.3 Å². The minimum Gasteiger partial charge on any atom is -0.459 e. The number of ether oxygens (including phenoxy) is 3. The summed E-state index contributed by atoms with van der Waals surface area (Å²) in [7, 11) is 0. The van der Waals surface area contributed by atoms with Crippen molar-refractivity contribution in [1.82, 2.24) is 0 Å². The van der Waals surface area contributed by atoms with Crippen molar-refractivity contribution >= 4 is 17.9 Å². The summed E-state index contributed by atoms with van der Waals surface area (Å²) in [5, 5.41) is 0. The van der Waals surface area contributed by atoms with E-state index in [1.165, 1.54) is 0 Å². The van der Waals surface area contributed by atoms with Crippen molar-refractivity contribution in [3.05, 3.63) is 12.2 Å². The van der Waals surface area contributed by atoms with Crippen LogP contribution in [0.15, 0.2) is 12.2 Å². The van der Waals surface area contributed by atoms with Gasteiger partial charge in [-0.25, -0.2) is 4.79 Å². The van der Waals surface area contributed by atoms with Gasteiger partial charge in [-0.2, -0.15) is 0 Å². The molecule has 1 heterocycles. The lowest BCUT2D eigenvalue weighted by Gasteiger charge is -2.34. The Bertz CT molecular complexity index is 602. The molecule has 0 N–H and O–H groups in total. The van der Waals surface area contributed by atoms with Gasteiger partial charge in [-0.3, -0.25) is 9.59 Å². The van der Waals surface area contributed by atoms with Crippen molar-refractivity contribution in [2.75, 3.05) is 0 Å². The number of carbonyl (C=O) groups excluding carboxylic acids is 3. The highest BCUT2D eigenvalue weighted by Gasteiger charge is 2.44. The van der Waals surface area contributed by atoms with E-state index >= 15 is 0 Å². The molecule has 0 aromatic carbocycles. The van der Waals surface area contributed by atoms with Crippen molar-refractivity contribution in [2.45, 2.75) is 96.9 Å². The molecule has 3 atom stereocenters. The van der Waals surface area contributed by atoms with Gasteiger partial charge < -0.3 is 14.2 Å². The topological polar surface area (TPSA) is 78.9 Å². The van der Waals surface area contributed by atoms with Crippen LogP contribution < -0.4 is 0 Å². The smallest absolute Gasteiger partial charge is 0.333 e. The molecule has 0 aromatic rings. The fourth-order valence-corrected chi connectivity index (χ4v) is 4.13. The quantitative estimate of drug-likeness (QED) is 0.367. The summed E-state index contributed by atoms with van der Waals surface area (Å²) in [6, 6.07) is 0. The van der Waals surface area contributed by atoms with Crippen LogP contribution in [0.3, 0.4) is 0 Å². The molecule has 0 amide bonds. The van der Waals surface area contributed by atoms with Gasteiger partial charge in [-0.1, -0.05) is 33.8 Å². The Morgan fingerprint density at radius 1 is 1.29 bits per heavy atom. The summed E-state index contributed by atoms with van der Waals surface area (Å²) in [5.41, 5.74) is -0.186. The SMILES string of the molecule is C=C(C)C(=O)OC1CC(C(=O)OC2(C(C)C)CCCC2)CC(=O)OC1CCC. The van der Waals surface area contributed by atoms with E-state index in [1.807, 2.05) is 6.92 Å². The molecular formula is C22H34O6. The van der Waals surface area contributed by atoms with Crippen molar-refractivity contribution < 1.29 is 28.6 Å². The maximum atomic E-state index is 13.0. The Morgan fingerprint density at radius 2 is 1.93 bits per heavy atom. The average molecular weight is 395 g/mol. The fourth-order valence-electron chi connectivity index (χ4n) is 4.13. The summed E-state index contributed by atoms with van der Waals surface area (Å²) in [6.07, 6.45) is 4.06. The van der Waals surface area contributed by atoms with Gasteiger partial charge in [0.2, 0.25) is 0 Å². The first-order valence-electron chi connectivity index (χ1n) is 10.5. The Balaban J connectivity index is 2.18. The zero-order valence-electron chi connectivity index (χ0n) is 17.6. The van der Waals surface area contributed by atoms with Gasteiger partial charge in [0.1, 0.15) is 17.8 Å². The van der Waals surface area contributed by atoms with E-state index in [1.54, 1.807) is 6.92 Å². The second-order valence-electron chi connectivity index (χ2n) is 8.53. The molecule has 6 nitrogen and oxygen atoms in total. The Labute approximate surface area is 168 Å². The van der Waals surface area contributed by atoms with Crippen LogP contribution in [0.25, 0.3) is 0 Å². The van der Waals surface area contributed by atoms with Crippen molar-refractivity contribution in [3.8, 4) is 0 Å². The van der Waals surface area contributed by atoms with E-state index in [9.17, 15) is 14.4 Å². The summed E-state index contributed by atoms with van der Waals surface area (Å²) >= 11 is 0. The number of carbonyl (C=O) groups is 3. The van der Waals surface area contributed by atoms with E-state index in [0.717, 1.165) is 32.1 Å². The highest BCUT2D eigenvalue weighted by atomic mass is 16.6. The molecule has 2 rings (SSSR count). The minimum absolute atomic E-state index is 0.0473. The maximum absolute atomic E-state index is 13.0. The molecule has 1 aliphatic heterocycles.